The van der Waals surface area contributed by atoms with E-state index in [0.29, 0.717) is 19.2 Å². The standard InChI is InChI=1S/C24H36N6O2.HI/c1-17-10-11-19(22(13-17)32-20-7-4-5-8-20)14-25-24(26-15-21-9-6-12-31-21)27-16-23-29-28-18(2)30(23)3;/h10-11,13,20-21H,4-9,12,14-16H2,1-3H3,(H2,25,26,27);1H. The topological polar surface area (TPSA) is 85.6 Å². The van der Waals surface area contributed by atoms with Crippen molar-refractivity contribution in [2.24, 2.45) is 12.0 Å². The number of guanidine groups is 1. The fourth-order valence-electron chi connectivity index (χ4n) is 4.21. The Labute approximate surface area is 214 Å². The lowest BCUT2D eigenvalue weighted by Crippen LogP contribution is -2.41. The maximum absolute atomic E-state index is 6.36. The van der Waals surface area contributed by atoms with Crippen molar-refractivity contribution in [1.82, 2.24) is 25.4 Å². The highest BCUT2D eigenvalue weighted by Gasteiger charge is 2.19. The maximum atomic E-state index is 6.36. The van der Waals surface area contributed by atoms with Crippen LogP contribution >= 0.6 is 24.0 Å². The summed E-state index contributed by atoms with van der Waals surface area (Å²) in [7, 11) is 1.97. The molecule has 33 heavy (non-hydrogen) atoms. The second kappa shape index (κ2) is 12.5. The number of aliphatic imine (C=N–C) groups is 1. The lowest BCUT2D eigenvalue weighted by Gasteiger charge is -2.18. The third-order valence-corrected chi connectivity index (χ3v) is 6.34. The van der Waals surface area contributed by atoms with Crippen LogP contribution in [0.5, 0.6) is 5.75 Å². The van der Waals surface area contributed by atoms with Crippen molar-refractivity contribution in [1.29, 1.82) is 0 Å². The Bertz CT molecular complexity index is 920. The van der Waals surface area contributed by atoms with Gasteiger partial charge in [0.15, 0.2) is 11.8 Å². The SMILES string of the molecule is Cc1ccc(CN=C(NCc2nnc(C)n2C)NCC2CCCO2)c(OC2CCCC2)c1.I. The van der Waals surface area contributed by atoms with Crippen LogP contribution in [0.3, 0.4) is 0 Å². The molecule has 1 saturated heterocycles. The molecule has 1 atom stereocenters. The quantitative estimate of drug-likeness (QED) is 0.287. The molecule has 1 aliphatic heterocycles. The van der Waals surface area contributed by atoms with Crippen molar-refractivity contribution < 1.29 is 9.47 Å². The van der Waals surface area contributed by atoms with Crippen LogP contribution in [0, 0.1) is 13.8 Å². The number of hydrogen-bond acceptors (Lipinski definition) is 5. The van der Waals surface area contributed by atoms with Crippen LogP contribution in [0.25, 0.3) is 0 Å². The maximum Gasteiger partial charge on any atom is 0.192 e. The summed E-state index contributed by atoms with van der Waals surface area (Å²) in [6.45, 7) is 6.73. The zero-order chi connectivity index (χ0) is 22.3. The molecular weight excluding hydrogens is 531 g/mol. The molecule has 1 aliphatic carbocycles. The molecule has 0 bridgehead atoms. The zero-order valence-corrected chi connectivity index (χ0v) is 22.3. The van der Waals surface area contributed by atoms with Gasteiger partial charge in [0.2, 0.25) is 0 Å². The number of benzene rings is 1. The third kappa shape index (κ3) is 7.30. The largest absolute Gasteiger partial charge is 0.490 e. The molecule has 2 fully saturated rings. The molecule has 9 heteroatoms. The lowest BCUT2D eigenvalue weighted by atomic mass is 10.1. The summed E-state index contributed by atoms with van der Waals surface area (Å²) in [5.74, 6) is 3.47. The first kappa shape index (κ1) is 25.7. The van der Waals surface area contributed by atoms with E-state index in [2.05, 4.69) is 46.0 Å². The van der Waals surface area contributed by atoms with Gasteiger partial charge in [-0.05, 0) is 64.0 Å². The lowest BCUT2D eigenvalue weighted by molar-refractivity contribution is 0.113. The van der Waals surface area contributed by atoms with Crippen LogP contribution in [0.1, 0.15) is 61.3 Å². The number of ether oxygens (including phenoxy) is 2. The monoisotopic (exact) mass is 568 g/mol. The van der Waals surface area contributed by atoms with E-state index in [-0.39, 0.29) is 30.1 Å². The van der Waals surface area contributed by atoms with Gasteiger partial charge in [0.25, 0.3) is 0 Å². The van der Waals surface area contributed by atoms with Gasteiger partial charge in [-0.2, -0.15) is 0 Å². The van der Waals surface area contributed by atoms with Crippen molar-refractivity contribution in [3.63, 3.8) is 0 Å². The first-order valence-corrected chi connectivity index (χ1v) is 11.8. The minimum atomic E-state index is 0. The third-order valence-electron chi connectivity index (χ3n) is 6.34. The molecule has 1 saturated carbocycles. The molecule has 0 amide bonds. The molecule has 1 aromatic carbocycles. The molecule has 1 aromatic heterocycles. The Kier molecular flexibility index (Phi) is 9.78. The van der Waals surface area contributed by atoms with E-state index in [1.54, 1.807) is 0 Å². The molecule has 0 radical (unpaired) electrons. The number of nitrogens with zero attached hydrogens (tertiary/aromatic N) is 4. The molecule has 2 N–H and O–H groups in total. The Morgan fingerprint density at radius 3 is 2.67 bits per heavy atom. The molecule has 1 unspecified atom stereocenters. The van der Waals surface area contributed by atoms with Gasteiger partial charge >= 0.3 is 0 Å². The van der Waals surface area contributed by atoms with E-state index in [0.717, 1.165) is 67.8 Å². The van der Waals surface area contributed by atoms with Crippen LogP contribution in [0.15, 0.2) is 23.2 Å². The highest BCUT2D eigenvalue weighted by Crippen LogP contribution is 2.28. The van der Waals surface area contributed by atoms with Gasteiger partial charge in [-0.15, -0.1) is 34.2 Å². The predicted octanol–water partition coefficient (Wildman–Crippen LogP) is 3.79. The molecule has 2 aliphatic rings. The minimum absolute atomic E-state index is 0. The molecule has 4 rings (SSSR count). The van der Waals surface area contributed by atoms with Crippen LogP contribution in [-0.2, 0) is 24.9 Å². The summed E-state index contributed by atoms with van der Waals surface area (Å²) >= 11 is 0. The van der Waals surface area contributed by atoms with Crippen molar-refractivity contribution in [3.8, 4) is 5.75 Å². The highest BCUT2D eigenvalue weighted by atomic mass is 127. The van der Waals surface area contributed by atoms with Gasteiger partial charge in [-0.3, -0.25) is 0 Å². The number of aryl methyl sites for hydroxylation is 2. The summed E-state index contributed by atoms with van der Waals surface area (Å²) in [4.78, 5) is 4.87. The Balaban J connectivity index is 0.00000306. The van der Waals surface area contributed by atoms with Gasteiger partial charge in [0.05, 0.1) is 25.3 Å². The number of halogens is 1. The number of rotatable bonds is 8. The van der Waals surface area contributed by atoms with Crippen LogP contribution < -0.4 is 15.4 Å². The van der Waals surface area contributed by atoms with Crippen molar-refractivity contribution in [2.45, 2.75) is 77.7 Å². The fourth-order valence-corrected chi connectivity index (χ4v) is 4.21. The van der Waals surface area contributed by atoms with Crippen LogP contribution in [0.2, 0.25) is 0 Å². The molecule has 2 heterocycles. The van der Waals surface area contributed by atoms with E-state index in [1.165, 1.54) is 18.4 Å². The molecule has 8 nitrogen and oxygen atoms in total. The van der Waals surface area contributed by atoms with Crippen molar-refractivity contribution in [3.05, 3.63) is 41.0 Å². The van der Waals surface area contributed by atoms with E-state index in [9.17, 15) is 0 Å². The number of hydrogen-bond donors (Lipinski definition) is 2. The van der Waals surface area contributed by atoms with Crippen LogP contribution in [0.4, 0.5) is 0 Å². The number of aromatic nitrogens is 3. The zero-order valence-electron chi connectivity index (χ0n) is 20.0. The Hall–Kier alpha value is -1.88. The summed E-state index contributed by atoms with van der Waals surface area (Å²) < 4.78 is 14.1. The van der Waals surface area contributed by atoms with Gasteiger partial charge < -0.3 is 24.7 Å². The first-order valence-electron chi connectivity index (χ1n) is 11.8. The minimum Gasteiger partial charge on any atom is -0.490 e. The average molecular weight is 569 g/mol. The molecule has 182 valence electrons. The summed E-state index contributed by atoms with van der Waals surface area (Å²) in [6.07, 6.45) is 7.57. The average Bonchev–Trinajstić information content (AvgIpc) is 3.54. The predicted molar refractivity (Wildman–Crippen MR) is 140 cm³/mol. The number of nitrogens with one attached hydrogen (secondary N) is 2. The van der Waals surface area contributed by atoms with E-state index in [4.69, 9.17) is 14.5 Å². The highest BCUT2D eigenvalue weighted by molar-refractivity contribution is 14.0. The van der Waals surface area contributed by atoms with E-state index < -0.39 is 0 Å². The van der Waals surface area contributed by atoms with Crippen molar-refractivity contribution >= 4 is 29.9 Å². The van der Waals surface area contributed by atoms with Gasteiger partial charge in [-0.1, -0.05) is 12.1 Å². The normalized spacial score (nSPS) is 18.9. The first-order chi connectivity index (χ1) is 15.6. The van der Waals surface area contributed by atoms with Gasteiger partial charge in [0, 0.05) is 25.8 Å². The Morgan fingerprint density at radius 2 is 1.97 bits per heavy atom. The second-order valence-corrected chi connectivity index (χ2v) is 8.89. The summed E-state index contributed by atoms with van der Waals surface area (Å²) in [6, 6.07) is 6.40. The fraction of sp³-hybridized carbons (Fsp3) is 0.625. The van der Waals surface area contributed by atoms with Crippen molar-refractivity contribution in [2.75, 3.05) is 13.2 Å². The van der Waals surface area contributed by atoms with Gasteiger partial charge in [-0.25, -0.2) is 4.99 Å². The molecular formula is C24H37IN6O2. The smallest absolute Gasteiger partial charge is 0.192 e. The second-order valence-electron chi connectivity index (χ2n) is 8.89. The van der Waals surface area contributed by atoms with E-state index >= 15 is 0 Å². The molecule has 0 spiro atoms. The summed E-state index contributed by atoms with van der Waals surface area (Å²) in [5, 5.41) is 15.2. The summed E-state index contributed by atoms with van der Waals surface area (Å²) in [5.41, 5.74) is 2.31. The van der Waals surface area contributed by atoms with Crippen LogP contribution in [-0.4, -0.2) is 46.1 Å². The van der Waals surface area contributed by atoms with E-state index in [1.807, 2.05) is 18.5 Å². The molecule has 2 aromatic rings. The Morgan fingerprint density at radius 1 is 1.15 bits per heavy atom. The van der Waals surface area contributed by atoms with Gasteiger partial charge in [0.1, 0.15) is 11.6 Å².